The van der Waals surface area contributed by atoms with Gasteiger partial charge in [-0.2, -0.15) is 0 Å². The molecule has 1 aromatic rings. The summed E-state index contributed by atoms with van der Waals surface area (Å²) in [6.07, 6.45) is -0.421. The number of carbonyl (C=O) groups excluding carboxylic acids is 1. The number of likely N-dealkylation sites (N-methyl/N-ethyl adjacent to an activating group) is 1. The molecule has 30 heavy (non-hydrogen) atoms. The van der Waals surface area contributed by atoms with Gasteiger partial charge in [0.15, 0.2) is 23.7 Å². The fraction of sp³-hybridized carbons (Fsp3) is 0.524. The molecule has 1 saturated heterocycles. The van der Waals surface area contributed by atoms with E-state index >= 15 is 0 Å². The lowest BCUT2D eigenvalue weighted by Gasteiger charge is -2.61. The van der Waals surface area contributed by atoms with Gasteiger partial charge in [0, 0.05) is 18.0 Å². The van der Waals surface area contributed by atoms with Gasteiger partial charge in [-0.3, -0.25) is 4.79 Å². The number of aliphatic hydroxyl groups is 2. The quantitative estimate of drug-likeness (QED) is 0.501. The van der Waals surface area contributed by atoms with Crippen molar-refractivity contribution in [3.05, 3.63) is 35.1 Å². The fourth-order valence-electron chi connectivity index (χ4n) is 5.86. The van der Waals surface area contributed by atoms with E-state index in [1.807, 2.05) is 13.1 Å². The number of rotatable bonds is 4. The molecule has 2 bridgehead atoms. The number of piperidine rings is 1. The average molecular weight is 417 g/mol. The van der Waals surface area contributed by atoms with Crippen molar-refractivity contribution < 1.29 is 39.5 Å². The number of aliphatic carboxylic acids is 1. The summed E-state index contributed by atoms with van der Waals surface area (Å²) in [6, 6.07) is 3.25. The van der Waals surface area contributed by atoms with Gasteiger partial charge in [0.1, 0.15) is 5.76 Å². The fourth-order valence-corrected chi connectivity index (χ4v) is 5.86. The van der Waals surface area contributed by atoms with Crippen molar-refractivity contribution in [3.63, 3.8) is 0 Å². The van der Waals surface area contributed by atoms with Crippen LogP contribution < -0.4 is 4.74 Å². The third kappa shape index (κ3) is 2.28. The topological polar surface area (TPSA) is 137 Å². The molecule has 0 amide bonds. The summed E-state index contributed by atoms with van der Waals surface area (Å²) >= 11 is 0. The summed E-state index contributed by atoms with van der Waals surface area (Å²) in [5.74, 6) is -1.98. The smallest absolute Gasteiger partial charge is 0.333 e. The van der Waals surface area contributed by atoms with E-state index in [2.05, 4.69) is 4.90 Å². The molecule has 160 valence electrons. The van der Waals surface area contributed by atoms with Crippen LogP contribution in [0.3, 0.4) is 0 Å². The number of aromatic hydroxyl groups is 1. The number of aliphatic hydroxyl groups excluding tert-OH is 1. The Hall–Kier alpha value is -2.62. The molecule has 5 atom stereocenters. The zero-order chi connectivity index (χ0) is 21.4. The summed E-state index contributed by atoms with van der Waals surface area (Å²) in [7, 11) is 1.97. The van der Waals surface area contributed by atoms with Gasteiger partial charge in [0.2, 0.25) is 0 Å². The first-order valence-corrected chi connectivity index (χ1v) is 9.95. The number of esters is 1. The number of nitrogens with zero attached hydrogens (tertiary/aromatic N) is 1. The van der Waals surface area contributed by atoms with Crippen LogP contribution in [0.1, 0.15) is 30.4 Å². The number of carboxylic acid groups (broad SMARTS) is 1. The number of carboxylic acids is 1. The van der Waals surface area contributed by atoms with Gasteiger partial charge in [-0.05, 0) is 44.1 Å². The van der Waals surface area contributed by atoms with Crippen LogP contribution in [0.4, 0.5) is 0 Å². The molecule has 2 heterocycles. The highest BCUT2D eigenvalue weighted by Crippen LogP contribution is 2.65. The van der Waals surface area contributed by atoms with E-state index in [4.69, 9.17) is 14.6 Å². The Balaban J connectivity index is 1.58. The summed E-state index contributed by atoms with van der Waals surface area (Å²) in [5, 5.41) is 40.7. The van der Waals surface area contributed by atoms with Crippen LogP contribution in [0, 0.1) is 0 Å². The highest BCUT2D eigenvalue weighted by atomic mass is 16.6. The largest absolute Gasteiger partial charge is 0.504 e. The van der Waals surface area contributed by atoms with E-state index in [1.54, 1.807) is 12.1 Å². The Labute approximate surface area is 172 Å². The maximum atomic E-state index is 12.3. The van der Waals surface area contributed by atoms with Crippen LogP contribution in [0.15, 0.2) is 24.0 Å². The van der Waals surface area contributed by atoms with Gasteiger partial charge in [0.05, 0.1) is 17.4 Å². The molecule has 9 nitrogen and oxygen atoms in total. The van der Waals surface area contributed by atoms with Crippen molar-refractivity contribution in [2.45, 2.75) is 54.9 Å². The van der Waals surface area contributed by atoms with Crippen LogP contribution in [-0.4, -0.2) is 74.7 Å². The van der Waals surface area contributed by atoms with Gasteiger partial charge in [-0.1, -0.05) is 6.07 Å². The first-order chi connectivity index (χ1) is 14.2. The normalized spacial score (nSPS) is 34.4. The molecule has 2 aliphatic carbocycles. The third-order valence-corrected chi connectivity index (χ3v) is 7.23. The maximum Gasteiger partial charge on any atom is 0.333 e. The second kappa shape index (κ2) is 6.19. The monoisotopic (exact) mass is 417 g/mol. The molecule has 1 spiro atoms. The van der Waals surface area contributed by atoms with Crippen LogP contribution in [-0.2, 0) is 26.2 Å². The van der Waals surface area contributed by atoms with Gasteiger partial charge in [-0.15, -0.1) is 0 Å². The predicted octanol–water partition coefficient (Wildman–Crippen LogP) is 0.0487. The van der Waals surface area contributed by atoms with Crippen molar-refractivity contribution in [2.75, 3.05) is 13.6 Å². The SMILES string of the molecule is CN1CCC23c4c5ccc(O)c4O[C@H]2C(OC(=O)C[C@H](O)C(=O)O)=CC[C@@]3(O)[C@H]1C5. The molecule has 0 aromatic heterocycles. The molecule has 0 saturated carbocycles. The van der Waals surface area contributed by atoms with Crippen LogP contribution >= 0.6 is 0 Å². The molecule has 5 rings (SSSR count). The zero-order valence-electron chi connectivity index (χ0n) is 16.4. The number of likely N-dealkylation sites (tertiary alicyclic amines) is 1. The van der Waals surface area contributed by atoms with Crippen LogP contribution in [0.2, 0.25) is 0 Å². The van der Waals surface area contributed by atoms with E-state index in [0.29, 0.717) is 25.1 Å². The minimum atomic E-state index is -1.86. The number of carbonyl (C=O) groups is 2. The first kappa shape index (κ1) is 19.3. The van der Waals surface area contributed by atoms with E-state index in [0.717, 1.165) is 11.1 Å². The number of phenols is 1. The van der Waals surface area contributed by atoms with E-state index in [1.165, 1.54) is 0 Å². The van der Waals surface area contributed by atoms with Gasteiger partial charge < -0.3 is 34.8 Å². The summed E-state index contributed by atoms with van der Waals surface area (Å²) < 4.78 is 11.6. The minimum Gasteiger partial charge on any atom is -0.504 e. The second-order valence-electron chi connectivity index (χ2n) is 8.63. The highest BCUT2D eigenvalue weighted by Gasteiger charge is 2.72. The highest BCUT2D eigenvalue weighted by molar-refractivity contribution is 5.81. The lowest BCUT2D eigenvalue weighted by molar-refractivity contribution is -0.170. The van der Waals surface area contributed by atoms with Crippen LogP contribution in [0.5, 0.6) is 11.5 Å². The number of ether oxygens (including phenoxy) is 2. The summed E-state index contributed by atoms with van der Waals surface area (Å²) in [6.45, 7) is 0.695. The van der Waals surface area contributed by atoms with E-state index in [-0.39, 0.29) is 24.0 Å². The molecule has 2 aliphatic heterocycles. The lowest BCUT2D eigenvalue weighted by atomic mass is 9.50. The summed E-state index contributed by atoms with van der Waals surface area (Å²) in [5.41, 5.74) is -0.304. The Morgan fingerprint density at radius 2 is 2.17 bits per heavy atom. The molecule has 4 aliphatic rings. The number of hydrogen-bond donors (Lipinski definition) is 4. The molecule has 1 fully saturated rings. The standard InChI is InChI=1S/C21H23NO8/c1-22-7-6-20-16-10-2-3-11(23)17(16)30-18(20)13(4-5-21(20,28)14(22)8-10)29-15(25)9-12(24)19(26)27/h2-4,12,14,18,23-24,28H,5-9H2,1H3,(H,26,27)/t12-,14+,18-,20?,21+/m0/s1. The molecule has 9 heteroatoms. The third-order valence-electron chi connectivity index (χ3n) is 7.23. The molecular weight excluding hydrogens is 394 g/mol. The molecule has 1 aromatic carbocycles. The molecule has 1 unspecified atom stereocenters. The van der Waals surface area contributed by atoms with Gasteiger partial charge >= 0.3 is 11.9 Å². The van der Waals surface area contributed by atoms with E-state index in [9.17, 15) is 24.9 Å². The lowest BCUT2D eigenvalue weighted by Crippen LogP contribution is -2.74. The summed E-state index contributed by atoms with van der Waals surface area (Å²) in [4.78, 5) is 25.2. The van der Waals surface area contributed by atoms with Gasteiger partial charge in [-0.25, -0.2) is 4.79 Å². The van der Waals surface area contributed by atoms with Crippen molar-refractivity contribution in [3.8, 4) is 11.5 Å². The van der Waals surface area contributed by atoms with E-state index < -0.39 is 41.6 Å². The molecule has 4 N–H and O–H groups in total. The number of benzene rings is 1. The number of phenolic OH excluding ortho intramolecular Hbond substituents is 1. The first-order valence-electron chi connectivity index (χ1n) is 9.95. The Bertz CT molecular complexity index is 989. The molecular formula is C21H23NO8. The maximum absolute atomic E-state index is 12.3. The Morgan fingerprint density at radius 3 is 2.90 bits per heavy atom. The van der Waals surface area contributed by atoms with Crippen molar-refractivity contribution >= 4 is 11.9 Å². The zero-order valence-corrected chi connectivity index (χ0v) is 16.4. The van der Waals surface area contributed by atoms with Gasteiger partial charge in [0.25, 0.3) is 0 Å². The number of hydrogen-bond acceptors (Lipinski definition) is 8. The Morgan fingerprint density at radius 1 is 1.40 bits per heavy atom. The minimum absolute atomic E-state index is 0.0378. The van der Waals surface area contributed by atoms with Crippen molar-refractivity contribution in [1.29, 1.82) is 0 Å². The Kier molecular flexibility index (Phi) is 3.99. The predicted molar refractivity (Wildman–Crippen MR) is 101 cm³/mol. The average Bonchev–Trinajstić information content (AvgIpc) is 3.04. The van der Waals surface area contributed by atoms with Crippen molar-refractivity contribution in [2.24, 2.45) is 0 Å². The van der Waals surface area contributed by atoms with Crippen LogP contribution in [0.25, 0.3) is 0 Å². The second-order valence-corrected chi connectivity index (χ2v) is 8.63. The van der Waals surface area contributed by atoms with Crippen molar-refractivity contribution in [1.82, 2.24) is 4.90 Å². The molecule has 0 radical (unpaired) electrons.